The summed E-state index contributed by atoms with van der Waals surface area (Å²) in [6.45, 7) is 0.148. The summed E-state index contributed by atoms with van der Waals surface area (Å²) in [7, 11) is 1.48. The fraction of sp³-hybridized carbons (Fsp3) is 0.161. The lowest BCUT2D eigenvalue weighted by molar-refractivity contribution is -0.142. The normalized spacial score (nSPS) is 12.9. The van der Waals surface area contributed by atoms with E-state index in [-0.39, 0.29) is 18.9 Å². The number of fused-ring (bicyclic) bond motifs is 3. The van der Waals surface area contributed by atoms with E-state index < -0.39 is 18.1 Å². The van der Waals surface area contributed by atoms with Crippen LogP contribution in [0, 0.1) is 0 Å². The van der Waals surface area contributed by atoms with E-state index in [1.165, 1.54) is 11.9 Å². The van der Waals surface area contributed by atoms with Crippen molar-refractivity contribution in [2.45, 2.75) is 18.4 Å². The molecule has 1 aliphatic carbocycles. The number of hydrogen-bond acceptors (Lipinski definition) is 3. The summed E-state index contributed by atoms with van der Waals surface area (Å²) in [5.41, 5.74) is 7.49. The van der Waals surface area contributed by atoms with Gasteiger partial charge in [0.2, 0.25) is 0 Å². The highest BCUT2D eigenvalue weighted by atomic mass is 16.6. The minimum Gasteiger partial charge on any atom is -0.480 e. The third-order valence-corrected chi connectivity index (χ3v) is 6.87. The monoisotopic (exact) mass is 477 g/mol. The molecule has 0 aromatic heterocycles. The fourth-order valence-electron chi connectivity index (χ4n) is 4.90. The van der Waals surface area contributed by atoms with Gasteiger partial charge in [0.15, 0.2) is 0 Å². The average Bonchev–Trinajstić information content (AvgIpc) is 3.24. The van der Waals surface area contributed by atoms with E-state index in [0.717, 1.165) is 38.9 Å². The van der Waals surface area contributed by atoms with Gasteiger partial charge in [-0.25, -0.2) is 9.59 Å². The van der Waals surface area contributed by atoms with Crippen LogP contribution in [0.3, 0.4) is 0 Å². The van der Waals surface area contributed by atoms with E-state index >= 15 is 0 Å². The molecule has 4 aromatic rings. The summed E-state index contributed by atoms with van der Waals surface area (Å²) >= 11 is 0. The standard InChI is InChI=1S/C31H27NO4/c1-32(29(30(33)34)19-21-15-17-23(18-16-21)22-9-3-2-4-10-22)31(35)36-20-28-26-13-7-5-11-24(26)25-12-6-8-14-27(25)28/h2-18,28-29H,19-20H2,1H3,(H,33,34). The van der Waals surface area contributed by atoms with Gasteiger partial charge in [0.25, 0.3) is 0 Å². The van der Waals surface area contributed by atoms with Gasteiger partial charge in [-0.3, -0.25) is 4.90 Å². The van der Waals surface area contributed by atoms with Gasteiger partial charge < -0.3 is 9.84 Å². The van der Waals surface area contributed by atoms with Gasteiger partial charge in [0.05, 0.1) is 0 Å². The lowest BCUT2D eigenvalue weighted by Gasteiger charge is -2.25. The van der Waals surface area contributed by atoms with Crippen molar-refractivity contribution in [1.82, 2.24) is 4.90 Å². The summed E-state index contributed by atoms with van der Waals surface area (Å²) < 4.78 is 5.67. The SMILES string of the molecule is CN(C(=O)OCC1c2ccccc2-c2ccccc21)C(Cc1ccc(-c2ccccc2)cc1)C(=O)O. The maximum atomic E-state index is 12.9. The molecule has 0 saturated heterocycles. The molecule has 1 N–H and O–H groups in total. The van der Waals surface area contributed by atoms with Crippen LogP contribution in [0.15, 0.2) is 103 Å². The van der Waals surface area contributed by atoms with Crippen LogP contribution in [0.5, 0.6) is 0 Å². The smallest absolute Gasteiger partial charge is 0.410 e. The van der Waals surface area contributed by atoms with Gasteiger partial charge >= 0.3 is 12.1 Å². The zero-order valence-corrected chi connectivity index (χ0v) is 20.0. The maximum absolute atomic E-state index is 12.9. The number of carboxylic acids is 1. The zero-order chi connectivity index (χ0) is 25.1. The second kappa shape index (κ2) is 10.1. The van der Waals surface area contributed by atoms with Crippen molar-refractivity contribution in [3.05, 3.63) is 120 Å². The number of nitrogens with zero attached hydrogens (tertiary/aromatic N) is 1. The summed E-state index contributed by atoms with van der Waals surface area (Å²) in [4.78, 5) is 26.2. The van der Waals surface area contributed by atoms with Crippen molar-refractivity contribution in [1.29, 1.82) is 0 Å². The van der Waals surface area contributed by atoms with Crippen molar-refractivity contribution in [2.24, 2.45) is 0 Å². The van der Waals surface area contributed by atoms with Crippen LogP contribution < -0.4 is 0 Å². The molecule has 36 heavy (non-hydrogen) atoms. The van der Waals surface area contributed by atoms with Crippen LogP contribution >= 0.6 is 0 Å². The molecular weight excluding hydrogens is 450 g/mol. The molecule has 0 aliphatic heterocycles. The number of amides is 1. The van der Waals surface area contributed by atoms with Crippen molar-refractivity contribution >= 4 is 12.1 Å². The van der Waals surface area contributed by atoms with Gasteiger partial charge in [0, 0.05) is 19.4 Å². The van der Waals surface area contributed by atoms with Gasteiger partial charge in [-0.2, -0.15) is 0 Å². The van der Waals surface area contributed by atoms with Crippen LogP contribution in [-0.2, 0) is 16.0 Å². The number of benzene rings is 4. The van der Waals surface area contributed by atoms with Crippen molar-refractivity contribution < 1.29 is 19.4 Å². The number of likely N-dealkylation sites (N-methyl/N-ethyl adjacent to an activating group) is 1. The Hall–Kier alpha value is -4.38. The number of carbonyl (C=O) groups is 2. The van der Waals surface area contributed by atoms with E-state index in [0.29, 0.717) is 0 Å². The molecule has 1 aliphatic rings. The van der Waals surface area contributed by atoms with Gasteiger partial charge in [-0.15, -0.1) is 0 Å². The molecule has 180 valence electrons. The first-order valence-corrected chi connectivity index (χ1v) is 12.0. The quantitative estimate of drug-likeness (QED) is 0.343. The van der Waals surface area contributed by atoms with E-state index in [9.17, 15) is 14.7 Å². The highest BCUT2D eigenvalue weighted by Gasteiger charge is 2.32. The highest BCUT2D eigenvalue weighted by Crippen LogP contribution is 2.44. The zero-order valence-electron chi connectivity index (χ0n) is 20.0. The molecule has 0 saturated carbocycles. The topological polar surface area (TPSA) is 66.8 Å². The van der Waals surface area contributed by atoms with Gasteiger partial charge in [0.1, 0.15) is 12.6 Å². The van der Waals surface area contributed by atoms with Crippen molar-refractivity contribution in [3.63, 3.8) is 0 Å². The van der Waals surface area contributed by atoms with Gasteiger partial charge in [-0.1, -0.05) is 103 Å². The van der Waals surface area contributed by atoms with Crippen LogP contribution in [-0.4, -0.2) is 41.8 Å². The molecule has 5 heteroatoms. The second-order valence-electron chi connectivity index (χ2n) is 9.04. The van der Waals surface area contributed by atoms with Crippen LogP contribution in [0.4, 0.5) is 4.79 Å². The van der Waals surface area contributed by atoms with E-state index in [4.69, 9.17) is 4.74 Å². The molecule has 1 unspecified atom stereocenters. The summed E-state index contributed by atoms with van der Waals surface area (Å²) in [6, 6.07) is 32.9. The Morgan fingerprint density at radius 2 is 1.31 bits per heavy atom. The lowest BCUT2D eigenvalue weighted by atomic mass is 9.98. The second-order valence-corrected chi connectivity index (χ2v) is 9.04. The number of ether oxygens (including phenoxy) is 1. The molecular formula is C31H27NO4. The van der Waals surface area contributed by atoms with Crippen molar-refractivity contribution in [2.75, 3.05) is 13.7 Å². The van der Waals surface area contributed by atoms with Gasteiger partial charge in [-0.05, 0) is 38.9 Å². The third kappa shape index (κ3) is 4.60. The van der Waals surface area contributed by atoms with E-state index in [1.807, 2.05) is 78.9 Å². The maximum Gasteiger partial charge on any atom is 0.410 e. The Labute approximate surface area is 210 Å². The predicted octanol–water partition coefficient (Wildman–Crippen LogP) is 6.23. The lowest BCUT2D eigenvalue weighted by Crippen LogP contribution is -2.44. The number of hydrogen-bond donors (Lipinski definition) is 1. The average molecular weight is 478 g/mol. The largest absolute Gasteiger partial charge is 0.480 e. The summed E-state index contributed by atoms with van der Waals surface area (Å²) in [5, 5.41) is 9.88. The molecule has 0 fully saturated rings. The minimum atomic E-state index is -1.07. The highest BCUT2D eigenvalue weighted by molar-refractivity contribution is 5.81. The third-order valence-electron chi connectivity index (χ3n) is 6.87. The first-order valence-electron chi connectivity index (χ1n) is 12.0. The summed E-state index contributed by atoms with van der Waals surface area (Å²) in [5.74, 6) is -1.15. The Balaban J connectivity index is 1.27. The Morgan fingerprint density at radius 3 is 1.89 bits per heavy atom. The first-order chi connectivity index (χ1) is 17.5. The molecule has 0 spiro atoms. The molecule has 0 heterocycles. The van der Waals surface area contributed by atoms with Crippen LogP contribution in [0.2, 0.25) is 0 Å². The molecule has 1 amide bonds. The number of carboxylic acid groups (broad SMARTS) is 1. The molecule has 5 nitrogen and oxygen atoms in total. The fourth-order valence-corrected chi connectivity index (χ4v) is 4.90. The Bertz CT molecular complexity index is 1340. The molecule has 0 radical (unpaired) electrons. The Morgan fingerprint density at radius 1 is 0.778 bits per heavy atom. The Kier molecular flexibility index (Phi) is 6.54. The number of carbonyl (C=O) groups excluding carboxylic acids is 1. The number of aliphatic carboxylic acids is 1. The predicted molar refractivity (Wildman–Crippen MR) is 140 cm³/mol. The van der Waals surface area contributed by atoms with Crippen molar-refractivity contribution in [3.8, 4) is 22.3 Å². The van der Waals surface area contributed by atoms with E-state index in [1.54, 1.807) is 0 Å². The van der Waals surface area contributed by atoms with E-state index in [2.05, 4.69) is 24.3 Å². The molecule has 4 aromatic carbocycles. The number of rotatable bonds is 7. The molecule has 5 rings (SSSR count). The summed E-state index contributed by atoms with van der Waals surface area (Å²) in [6.07, 6.45) is -0.462. The van der Waals surface area contributed by atoms with Crippen LogP contribution in [0.1, 0.15) is 22.6 Å². The minimum absolute atomic E-state index is 0.0800. The molecule has 1 atom stereocenters. The van der Waals surface area contributed by atoms with Crippen LogP contribution in [0.25, 0.3) is 22.3 Å². The molecule has 0 bridgehead atoms. The first kappa shape index (κ1) is 23.4.